The van der Waals surface area contributed by atoms with E-state index in [1.165, 1.54) is 37.7 Å². The summed E-state index contributed by atoms with van der Waals surface area (Å²) in [6.07, 6.45) is 7.45. The Hall–Kier alpha value is -0.340. The van der Waals surface area contributed by atoms with Gasteiger partial charge in [0.1, 0.15) is 0 Å². The molecule has 0 aromatic heterocycles. The summed E-state index contributed by atoms with van der Waals surface area (Å²) in [7, 11) is 1.87. The van der Waals surface area contributed by atoms with Crippen LogP contribution in [0.15, 0.2) is 28.7 Å². The minimum Gasteiger partial charge on any atom is -0.378 e. The molecule has 1 nitrogen and oxygen atoms in total. The highest BCUT2D eigenvalue weighted by atomic mass is 79.9. The summed E-state index contributed by atoms with van der Waals surface area (Å²) < 4.78 is 6.95. The van der Waals surface area contributed by atoms with E-state index in [-0.39, 0.29) is 5.60 Å². The topological polar surface area (TPSA) is 9.23 Å². The van der Waals surface area contributed by atoms with Crippen LogP contribution in [0, 0.1) is 0 Å². The van der Waals surface area contributed by atoms with Gasteiger partial charge in [-0.3, -0.25) is 0 Å². The van der Waals surface area contributed by atoms with E-state index in [0.717, 1.165) is 10.9 Å². The van der Waals surface area contributed by atoms with Crippen LogP contribution in [0.2, 0.25) is 0 Å². The summed E-state index contributed by atoms with van der Waals surface area (Å²) in [5.41, 5.74) is 1.48. The molecule has 1 aromatic carbocycles. The monoisotopic (exact) mass is 282 g/mol. The molecule has 0 amide bonds. The maximum atomic E-state index is 5.80. The number of halogens is 1. The summed E-state index contributed by atoms with van der Waals surface area (Å²) >= 11 is 3.47. The smallest absolute Gasteiger partial charge is 0.0718 e. The second-order valence-electron chi connectivity index (χ2n) is 4.75. The van der Waals surface area contributed by atoms with Gasteiger partial charge in [-0.05, 0) is 30.5 Å². The molecule has 1 fully saturated rings. The highest BCUT2D eigenvalue weighted by Gasteiger charge is 2.31. The molecule has 0 unspecified atom stereocenters. The average Bonchev–Trinajstić information content (AvgIpc) is 2.33. The van der Waals surface area contributed by atoms with Crippen LogP contribution >= 0.6 is 15.9 Å². The van der Waals surface area contributed by atoms with Crippen molar-refractivity contribution in [2.75, 3.05) is 7.11 Å². The van der Waals surface area contributed by atoms with E-state index in [1.807, 2.05) is 7.11 Å². The number of benzene rings is 1. The fourth-order valence-corrected chi connectivity index (χ4v) is 2.89. The molecule has 0 saturated heterocycles. The van der Waals surface area contributed by atoms with E-state index in [9.17, 15) is 0 Å². The van der Waals surface area contributed by atoms with Crippen molar-refractivity contribution >= 4 is 15.9 Å². The number of ether oxygens (including phenoxy) is 1. The molecule has 1 aliphatic rings. The predicted molar refractivity (Wildman–Crippen MR) is 70.7 cm³/mol. The van der Waals surface area contributed by atoms with Crippen molar-refractivity contribution in [2.24, 2.45) is 0 Å². The summed E-state index contributed by atoms with van der Waals surface area (Å²) in [4.78, 5) is 0. The second-order valence-corrected chi connectivity index (χ2v) is 5.67. The van der Waals surface area contributed by atoms with Crippen molar-refractivity contribution in [1.29, 1.82) is 0 Å². The molecule has 1 saturated carbocycles. The van der Waals surface area contributed by atoms with Crippen molar-refractivity contribution < 1.29 is 4.74 Å². The van der Waals surface area contributed by atoms with Crippen LogP contribution < -0.4 is 0 Å². The van der Waals surface area contributed by atoms with E-state index < -0.39 is 0 Å². The molecule has 1 aromatic rings. The van der Waals surface area contributed by atoms with Gasteiger partial charge in [0.25, 0.3) is 0 Å². The van der Waals surface area contributed by atoms with E-state index in [4.69, 9.17) is 4.74 Å². The number of rotatable bonds is 3. The van der Waals surface area contributed by atoms with Crippen molar-refractivity contribution in [3.8, 4) is 0 Å². The molecule has 0 N–H and O–H groups in total. The van der Waals surface area contributed by atoms with Gasteiger partial charge in [-0.1, -0.05) is 47.3 Å². The molecule has 2 rings (SSSR count). The Morgan fingerprint density at radius 3 is 2.31 bits per heavy atom. The van der Waals surface area contributed by atoms with Gasteiger partial charge in [-0.2, -0.15) is 0 Å². The van der Waals surface area contributed by atoms with E-state index in [2.05, 4.69) is 40.2 Å². The quantitative estimate of drug-likeness (QED) is 0.801. The van der Waals surface area contributed by atoms with Gasteiger partial charge in [0.05, 0.1) is 5.60 Å². The summed E-state index contributed by atoms with van der Waals surface area (Å²) in [6.45, 7) is 0. The zero-order valence-electron chi connectivity index (χ0n) is 9.84. The van der Waals surface area contributed by atoms with Crippen molar-refractivity contribution in [3.63, 3.8) is 0 Å². The predicted octanol–water partition coefficient (Wildman–Crippen LogP) is 4.34. The van der Waals surface area contributed by atoms with Crippen LogP contribution in [0.4, 0.5) is 0 Å². The molecule has 0 radical (unpaired) electrons. The Morgan fingerprint density at radius 2 is 1.75 bits per heavy atom. The van der Waals surface area contributed by atoms with Gasteiger partial charge in [0, 0.05) is 18.0 Å². The van der Waals surface area contributed by atoms with Crippen LogP contribution in [0.1, 0.15) is 37.7 Å². The molecule has 1 aliphatic carbocycles. The Kier molecular flexibility index (Phi) is 4.04. The minimum atomic E-state index is 0.103. The highest BCUT2D eigenvalue weighted by Crippen LogP contribution is 2.34. The van der Waals surface area contributed by atoms with Crippen molar-refractivity contribution in [1.82, 2.24) is 0 Å². The molecule has 2 heteroatoms. The summed E-state index contributed by atoms with van der Waals surface area (Å²) in [6, 6.07) is 8.61. The summed E-state index contributed by atoms with van der Waals surface area (Å²) in [5, 5.41) is 0. The van der Waals surface area contributed by atoms with Gasteiger partial charge in [0.15, 0.2) is 0 Å². The third-order valence-electron chi connectivity index (χ3n) is 3.64. The third-order valence-corrected chi connectivity index (χ3v) is 4.17. The summed E-state index contributed by atoms with van der Waals surface area (Å²) in [5.74, 6) is 0. The maximum Gasteiger partial charge on any atom is 0.0718 e. The molecule has 16 heavy (non-hydrogen) atoms. The first-order valence-electron chi connectivity index (χ1n) is 6.04. The Morgan fingerprint density at radius 1 is 1.12 bits per heavy atom. The zero-order valence-corrected chi connectivity index (χ0v) is 11.4. The first-order valence-corrected chi connectivity index (χ1v) is 6.83. The lowest BCUT2D eigenvalue weighted by atomic mass is 9.80. The molecule has 0 atom stereocenters. The SMILES string of the molecule is COC1(Cc2ccc(Br)cc2)CCCCC1. The second kappa shape index (κ2) is 5.33. The first kappa shape index (κ1) is 12.1. The highest BCUT2D eigenvalue weighted by molar-refractivity contribution is 9.10. The van der Waals surface area contributed by atoms with Gasteiger partial charge in [-0.15, -0.1) is 0 Å². The Balaban J connectivity index is 2.08. The van der Waals surface area contributed by atoms with Crippen molar-refractivity contribution in [3.05, 3.63) is 34.3 Å². The van der Waals surface area contributed by atoms with Gasteiger partial charge in [0.2, 0.25) is 0 Å². The van der Waals surface area contributed by atoms with Crippen LogP contribution in [-0.2, 0) is 11.2 Å². The first-order chi connectivity index (χ1) is 7.74. The van der Waals surface area contributed by atoms with Crippen LogP contribution in [-0.4, -0.2) is 12.7 Å². The molecule has 88 valence electrons. The lowest BCUT2D eigenvalue weighted by molar-refractivity contribution is -0.0386. The van der Waals surface area contributed by atoms with Crippen LogP contribution in [0.25, 0.3) is 0 Å². The van der Waals surface area contributed by atoms with E-state index >= 15 is 0 Å². The normalized spacial score (nSPS) is 19.6. The van der Waals surface area contributed by atoms with Crippen LogP contribution in [0.5, 0.6) is 0 Å². The molecular formula is C14H19BrO. The number of hydrogen-bond donors (Lipinski definition) is 0. The number of methoxy groups -OCH3 is 1. The third kappa shape index (κ3) is 2.86. The molecule has 0 spiro atoms. The zero-order chi connectivity index (χ0) is 11.4. The van der Waals surface area contributed by atoms with Gasteiger partial charge < -0.3 is 4.74 Å². The van der Waals surface area contributed by atoms with Gasteiger partial charge in [-0.25, -0.2) is 0 Å². The van der Waals surface area contributed by atoms with Crippen LogP contribution in [0.3, 0.4) is 0 Å². The molecule has 0 aliphatic heterocycles. The minimum absolute atomic E-state index is 0.103. The standard InChI is InChI=1S/C14H19BrO/c1-16-14(9-3-2-4-10-14)11-12-5-7-13(15)8-6-12/h5-8H,2-4,9-11H2,1H3. The van der Waals surface area contributed by atoms with Crippen molar-refractivity contribution in [2.45, 2.75) is 44.1 Å². The fourth-order valence-electron chi connectivity index (χ4n) is 2.62. The fraction of sp³-hybridized carbons (Fsp3) is 0.571. The molecule has 0 bridgehead atoms. The largest absolute Gasteiger partial charge is 0.378 e. The average molecular weight is 283 g/mol. The lowest BCUT2D eigenvalue weighted by Crippen LogP contribution is -2.36. The van der Waals surface area contributed by atoms with Gasteiger partial charge >= 0.3 is 0 Å². The Labute approximate surface area is 106 Å². The molecular weight excluding hydrogens is 264 g/mol. The maximum absolute atomic E-state index is 5.80. The van der Waals surface area contributed by atoms with E-state index in [0.29, 0.717) is 0 Å². The lowest BCUT2D eigenvalue weighted by Gasteiger charge is -2.36. The molecule has 0 heterocycles. The Bertz CT molecular complexity index is 325. The van der Waals surface area contributed by atoms with E-state index in [1.54, 1.807) is 0 Å². The number of hydrogen-bond acceptors (Lipinski definition) is 1.